The molecule has 5 rings (SSSR count). The lowest BCUT2D eigenvalue weighted by atomic mass is 9.88. The zero-order valence-corrected chi connectivity index (χ0v) is 13.5. The average molecular weight is 315 g/mol. The Morgan fingerprint density at radius 1 is 1.23 bits per heavy atom. The number of carbonyl (C=O) groups excluding carboxylic acids is 1. The van der Waals surface area contributed by atoms with E-state index in [1.165, 1.54) is 12.8 Å². The smallest absolute Gasteiger partial charge is 0.226 e. The maximum atomic E-state index is 13.0. The first kappa shape index (κ1) is 13.1. The van der Waals surface area contributed by atoms with Gasteiger partial charge in [-0.2, -0.15) is 0 Å². The lowest BCUT2D eigenvalue weighted by molar-refractivity contribution is -0.136. The summed E-state index contributed by atoms with van der Waals surface area (Å²) in [5, 5.41) is 3.11. The van der Waals surface area contributed by atoms with Crippen LogP contribution in [0.3, 0.4) is 0 Å². The molecule has 1 aromatic rings. The van der Waals surface area contributed by atoms with E-state index < -0.39 is 0 Å². The Bertz CT molecular complexity index is 614. The first-order valence-electron chi connectivity index (χ1n) is 8.39. The number of amides is 1. The molecule has 2 bridgehead atoms. The summed E-state index contributed by atoms with van der Waals surface area (Å²) in [7, 11) is 0. The van der Waals surface area contributed by atoms with Crippen LogP contribution in [-0.2, 0) is 4.79 Å². The number of piperazine rings is 1. The van der Waals surface area contributed by atoms with Crippen molar-refractivity contribution in [1.29, 1.82) is 0 Å². The number of anilines is 1. The molecule has 22 heavy (non-hydrogen) atoms. The summed E-state index contributed by atoms with van der Waals surface area (Å²) in [5.41, 5.74) is 0.517. The van der Waals surface area contributed by atoms with Crippen molar-refractivity contribution in [2.45, 2.75) is 19.3 Å². The van der Waals surface area contributed by atoms with Crippen molar-refractivity contribution in [2.24, 2.45) is 23.2 Å². The summed E-state index contributed by atoms with van der Waals surface area (Å²) in [6.07, 6.45) is 10.4. The highest BCUT2D eigenvalue weighted by molar-refractivity contribution is 7.13. The van der Waals surface area contributed by atoms with Gasteiger partial charge in [0.1, 0.15) is 0 Å². The maximum absolute atomic E-state index is 13.0. The average Bonchev–Trinajstić information content (AvgIpc) is 2.92. The van der Waals surface area contributed by atoms with E-state index in [0.717, 1.165) is 37.7 Å². The number of nitrogens with zero attached hydrogens (tertiary/aromatic N) is 3. The molecule has 116 valence electrons. The Morgan fingerprint density at radius 3 is 2.68 bits per heavy atom. The molecule has 5 heteroatoms. The maximum Gasteiger partial charge on any atom is 0.226 e. The third-order valence-corrected chi connectivity index (χ3v) is 7.15. The molecule has 1 spiro atoms. The van der Waals surface area contributed by atoms with Crippen molar-refractivity contribution in [1.82, 2.24) is 9.88 Å². The highest BCUT2D eigenvalue weighted by atomic mass is 32.1. The van der Waals surface area contributed by atoms with Crippen molar-refractivity contribution in [2.75, 3.05) is 31.1 Å². The lowest BCUT2D eigenvalue weighted by Crippen LogP contribution is -2.51. The Kier molecular flexibility index (Phi) is 2.72. The number of carbonyl (C=O) groups is 1. The summed E-state index contributed by atoms with van der Waals surface area (Å²) in [5.74, 6) is 1.93. The zero-order chi connectivity index (χ0) is 14.7. The van der Waals surface area contributed by atoms with Crippen LogP contribution in [-0.4, -0.2) is 42.0 Å². The monoisotopic (exact) mass is 315 g/mol. The number of hydrogen-bond donors (Lipinski definition) is 0. The third-order valence-electron chi connectivity index (χ3n) is 6.32. The fourth-order valence-electron chi connectivity index (χ4n) is 4.98. The highest BCUT2D eigenvalue weighted by Crippen LogP contribution is 2.70. The normalized spacial score (nSPS) is 34.6. The van der Waals surface area contributed by atoms with Crippen molar-refractivity contribution in [3.05, 3.63) is 23.7 Å². The fraction of sp³-hybridized carbons (Fsp3) is 0.647. The molecule has 3 fully saturated rings. The summed E-state index contributed by atoms with van der Waals surface area (Å²) >= 11 is 1.68. The van der Waals surface area contributed by atoms with Crippen LogP contribution < -0.4 is 4.90 Å². The van der Waals surface area contributed by atoms with Crippen LogP contribution in [0, 0.1) is 23.2 Å². The number of aromatic nitrogens is 1. The minimum Gasteiger partial charge on any atom is -0.345 e. The Labute approximate surface area is 134 Å². The van der Waals surface area contributed by atoms with Gasteiger partial charge in [-0.3, -0.25) is 4.79 Å². The molecule has 4 nitrogen and oxygen atoms in total. The van der Waals surface area contributed by atoms with Crippen LogP contribution >= 0.6 is 11.3 Å². The molecule has 0 N–H and O–H groups in total. The van der Waals surface area contributed by atoms with Crippen LogP contribution in [0.25, 0.3) is 0 Å². The molecule has 4 aliphatic rings. The van der Waals surface area contributed by atoms with Crippen LogP contribution in [0.15, 0.2) is 23.7 Å². The molecule has 2 heterocycles. The molecule has 1 amide bonds. The molecule has 0 radical (unpaired) electrons. The van der Waals surface area contributed by atoms with Crippen LogP contribution in [0.1, 0.15) is 19.3 Å². The summed E-state index contributed by atoms with van der Waals surface area (Å²) in [4.78, 5) is 21.8. The molecule has 2 saturated carbocycles. The van der Waals surface area contributed by atoms with Gasteiger partial charge in [-0.25, -0.2) is 4.98 Å². The summed E-state index contributed by atoms with van der Waals surface area (Å²) in [6, 6.07) is 0. The fourth-order valence-corrected chi connectivity index (χ4v) is 5.68. The van der Waals surface area contributed by atoms with Gasteiger partial charge >= 0.3 is 0 Å². The van der Waals surface area contributed by atoms with E-state index in [1.54, 1.807) is 11.3 Å². The molecule has 3 atom stereocenters. The highest BCUT2D eigenvalue weighted by Gasteiger charge is 2.64. The van der Waals surface area contributed by atoms with E-state index >= 15 is 0 Å². The van der Waals surface area contributed by atoms with Crippen LogP contribution in [0.4, 0.5) is 5.13 Å². The molecule has 1 aromatic heterocycles. The van der Waals surface area contributed by atoms with Gasteiger partial charge in [-0.1, -0.05) is 12.2 Å². The largest absolute Gasteiger partial charge is 0.345 e. The molecule has 1 saturated heterocycles. The van der Waals surface area contributed by atoms with Gasteiger partial charge in [0.15, 0.2) is 5.13 Å². The summed E-state index contributed by atoms with van der Waals surface area (Å²) < 4.78 is 0. The van der Waals surface area contributed by atoms with Crippen molar-refractivity contribution < 1.29 is 4.79 Å². The van der Waals surface area contributed by atoms with Crippen molar-refractivity contribution in [3.8, 4) is 0 Å². The molecular formula is C17H21N3OS. The van der Waals surface area contributed by atoms with Crippen molar-refractivity contribution >= 4 is 22.4 Å². The topological polar surface area (TPSA) is 36.4 Å². The van der Waals surface area contributed by atoms with Gasteiger partial charge in [-0.05, 0) is 36.5 Å². The Morgan fingerprint density at radius 2 is 2.05 bits per heavy atom. The van der Waals surface area contributed by atoms with Crippen molar-refractivity contribution in [3.63, 3.8) is 0 Å². The second-order valence-electron chi connectivity index (χ2n) is 7.22. The van der Waals surface area contributed by atoms with Gasteiger partial charge in [0.05, 0.1) is 0 Å². The first-order chi connectivity index (χ1) is 10.8. The number of thiazole rings is 1. The zero-order valence-electron chi connectivity index (χ0n) is 12.6. The van der Waals surface area contributed by atoms with E-state index in [-0.39, 0.29) is 5.92 Å². The molecule has 1 aliphatic heterocycles. The van der Waals surface area contributed by atoms with Crippen LogP contribution in [0.5, 0.6) is 0 Å². The standard InChI is InChI=1S/C17H21N3OS/c21-15(13-11-12-1-2-14(13)17(12)3-4-17)19-6-8-20(9-7-19)16-18-5-10-22-16/h1-2,5,10,12-14H,3-4,6-9,11H2/t12-,13+,14-/m1/s1. The number of allylic oxidation sites excluding steroid dienone is 2. The second-order valence-corrected chi connectivity index (χ2v) is 8.09. The Balaban J connectivity index is 1.25. The van der Waals surface area contributed by atoms with E-state index in [9.17, 15) is 4.79 Å². The predicted octanol–water partition coefficient (Wildman–Crippen LogP) is 2.39. The van der Waals surface area contributed by atoms with E-state index in [4.69, 9.17) is 0 Å². The quantitative estimate of drug-likeness (QED) is 0.786. The number of hydrogen-bond acceptors (Lipinski definition) is 4. The van der Waals surface area contributed by atoms with Gasteiger partial charge < -0.3 is 9.80 Å². The SMILES string of the molecule is O=C([C@H]1C[C@H]2C=C[C@H]1C21CC1)N1CCN(c2nccs2)CC1. The van der Waals surface area contributed by atoms with Gasteiger partial charge in [-0.15, -0.1) is 11.3 Å². The van der Waals surface area contributed by atoms with E-state index in [2.05, 4.69) is 26.9 Å². The first-order valence-corrected chi connectivity index (χ1v) is 9.27. The van der Waals surface area contributed by atoms with E-state index in [0.29, 0.717) is 23.2 Å². The second kappa shape index (κ2) is 4.57. The minimum atomic E-state index is 0.268. The van der Waals surface area contributed by atoms with Gasteiger partial charge in [0, 0.05) is 43.7 Å². The molecule has 0 unspecified atom stereocenters. The predicted molar refractivity (Wildman–Crippen MR) is 86.8 cm³/mol. The number of rotatable bonds is 2. The molecule has 0 aromatic carbocycles. The van der Waals surface area contributed by atoms with E-state index in [1.807, 2.05) is 11.6 Å². The third kappa shape index (κ3) is 1.75. The Hall–Kier alpha value is -1.36. The lowest BCUT2D eigenvalue weighted by Gasteiger charge is -2.36. The van der Waals surface area contributed by atoms with Crippen LogP contribution in [0.2, 0.25) is 0 Å². The van der Waals surface area contributed by atoms with Gasteiger partial charge in [0.2, 0.25) is 5.91 Å². The molecule has 3 aliphatic carbocycles. The van der Waals surface area contributed by atoms with Gasteiger partial charge in [0.25, 0.3) is 0 Å². The summed E-state index contributed by atoms with van der Waals surface area (Å²) in [6.45, 7) is 3.54. The minimum absolute atomic E-state index is 0.268. The molecular weight excluding hydrogens is 294 g/mol.